The Morgan fingerprint density at radius 1 is 1.26 bits per heavy atom. The summed E-state index contributed by atoms with van der Waals surface area (Å²) in [4.78, 5) is 11.8. The summed E-state index contributed by atoms with van der Waals surface area (Å²) in [5.41, 5.74) is 2.99. The van der Waals surface area contributed by atoms with Crippen molar-refractivity contribution in [3.05, 3.63) is 0 Å². The molecule has 0 bridgehead atoms. The number of unbranched alkanes of at least 4 members (excludes halogenated alkanes) is 4. The summed E-state index contributed by atoms with van der Waals surface area (Å²) in [6.45, 7) is 7.38. The van der Waals surface area contributed by atoms with E-state index in [-0.39, 0.29) is 6.04 Å². The van der Waals surface area contributed by atoms with Crippen molar-refractivity contribution in [1.82, 2.24) is 5.48 Å². The highest BCUT2D eigenvalue weighted by Crippen LogP contribution is 2.22. The molecule has 5 nitrogen and oxygen atoms in total. The molecule has 2 atom stereocenters. The zero-order valence-corrected chi connectivity index (χ0v) is 16.7. The van der Waals surface area contributed by atoms with E-state index in [4.69, 9.17) is 13.4 Å². The lowest BCUT2D eigenvalue weighted by Gasteiger charge is -2.35. The third kappa shape index (κ3) is 9.21. The van der Waals surface area contributed by atoms with Crippen LogP contribution in [0.3, 0.4) is 0 Å². The van der Waals surface area contributed by atoms with Crippen LogP contribution in [0.4, 0.5) is 0 Å². The number of thioether (sulfide) groups is 1. The molecule has 0 aromatic heterocycles. The molecule has 2 unspecified atom stereocenters. The lowest BCUT2D eigenvalue weighted by Crippen LogP contribution is -2.57. The molecular weight excluding hydrogens is 330 g/mol. The van der Waals surface area contributed by atoms with E-state index in [1.165, 1.54) is 37.4 Å². The third-order valence-electron chi connectivity index (χ3n) is 3.71. The van der Waals surface area contributed by atoms with E-state index in [1.807, 2.05) is 13.8 Å². The van der Waals surface area contributed by atoms with Gasteiger partial charge in [-0.25, -0.2) is 5.48 Å². The van der Waals surface area contributed by atoms with E-state index in [2.05, 4.69) is 12.4 Å². The molecule has 1 N–H and O–H groups in total. The van der Waals surface area contributed by atoms with Gasteiger partial charge in [0, 0.05) is 24.8 Å². The van der Waals surface area contributed by atoms with Crippen LogP contribution < -0.4 is 5.48 Å². The Morgan fingerprint density at radius 3 is 2.70 bits per heavy atom. The van der Waals surface area contributed by atoms with Crippen LogP contribution >= 0.6 is 11.8 Å². The molecule has 0 aromatic rings. The summed E-state index contributed by atoms with van der Waals surface area (Å²) in [7, 11) is -2.57. The van der Waals surface area contributed by atoms with Gasteiger partial charge < -0.3 is 8.85 Å². The van der Waals surface area contributed by atoms with E-state index < -0.39 is 8.80 Å². The Labute approximate surface area is 146 Å². The Hall–Kier alpha value is 0.0769. The first kappa shape index (κ1) is 21.1. The Balaban J connectivity index is 2.13. The second-order valence-corrected chi connectivity index (χ2v) is 9.84. The maximum absolute atomic E-state index is 11.8. The van der Waals surface area contributed by atoms with Crippen LogP contribution in [0, 0.1) is 0 Å². The summed E-state index contributed by atoms with van der Waals surface area (Å²) < 4.78 is 17.3. The maximum Gasteiger partial charge on any atom is 0.517 e. The van der Waals surface area contributed by atoms with Gasteiger partial charge in [-0.05, 0) is 26.7 Å². The predicted molar refractivity (Wildman–Crippen MR) is 97.3 cm³/mol. The Morgan fingerprint density at radius 2 is 2.04 bits per heavy atom. The normalized spacial score (nSPS) is 24.7. The van der Waals surface area contributed by atoms with Crippen molar-refractivity contribution >= 4 is 25.7 Å². The molecule has 0 aliphatic carbocycles. The highest BCUT2D eigenvalue weighted by molar-refractivity contribution is 8.13. The average Bonchev–Trinajstić information content (AvgIpc) is 2.54. The summed E-state index contributed by atoms with van der Waals surface area (Å²) in [5, 5.41) is 0.311. The van der Waals surface area contributed by atoms with Crippen LogP contribution in [0.5, 0.6) is 0 Å². The topological polar surface area (TPSA) is 56.8 Å². The second-order valence-electron chi connectivity index (χ2n) is 6.04. The largest absolute Gasteiger partial charge is 0.517 e. The molecule has 0 aromatic carbocycles. The molecule has 1 heterocycles. The van der Waals surface area contributed by atoms with Crippen LogP contribution in [0.15, 0.2) is 0 Å². The fraction of sp³-hybridized carbons (Fsp3) is 0.938. The van der Waals surface area contributed by atoms with Crippen LogP contribution in [0.1, 0.15) is 65.7 Å². The molecule has 1 fully saturated rings. The fourth-order valence-electron chi connectivity index (χ4n) is 2.41. The first-order chi connectivity index (χ1) is 11.1. The predicted octanol–water partition coefficient (Wildman–Crippen LogP) is 3.91. The fourth-order valence-corrected chi connectivity index (χ4v) is 6.00. The zero-order valence-electron chi connectivity index (χ0n) is 14.9. The van der Waals surface area contributed by atoms with Crippen LogP contribution in [0.2, 0.25) is 6.04 Å². The summed E-state index contributed by atoms with van der Waals surface area (Å²) >= 11 is 1.44. The number of nitrogens with one attached hydrogen (secondary N) is 1. The van der Waals surface area contributed by atoms with Crippen molar-refractivity contribution in [3.8, 4) is 0 Å². The third-order valence-corrected chi connectivity index (χ3v) is 7.46. The van der Waals surface area contributed by atoms with Gasteiger partial charge in [0.15, 0.2) is 5.12 Å². The molecule has 1 aliphatic rings. The highest BCUT2D eigenvalue weighted by atomic mass is 32.2. The van der Waals surface area contributed by atoms with Gasteiger partial charge >= 0.3 is 8.80 Å². The smallest absolute Gasteiger partial charge is 0.373 e. The molecular formula is C16H33NO4SSi. The van der Waals surface area contributed by atoms with Crippen LogP contribution in [-0.4, -0.2) is 38.9 Å². The van der Waals surface area contributed by atoms with Crippen molar-refractivity contribution in [2.75, 3.05) is 19.0 Å². The number of rotatable bonds is 12. The van der Waals surface area contributed by atoms with Crippen molar-refractivity contribution in [1.29, 1.82) is 0 Å². The molecule has 0 amide bonds. The molecule has 0 spiro atoms. The minimum Gasteiger partial charge on any atom is -0.373 e. The molecule has 1 aliphatic heterocycles. The summed E-state index contributed by atoms with van der Waals surface area (Å²) in [5.74, 6) is 0.817. The Bertz CT molecular complexity index is 325. The van der Waals surface area contributed by atoms with Gasteiger partial charge in [0.05, 0.1) is 12.6 Å². The van der Waals surface area contributed by atoms with Gasteiger partial charge in [0.1, 0.15) is 0 Å². The van der Waals surface area contributed by atoms with Crippen LogP contribution in [0.25, 0.3) is 0 Å². The molecule has 136 valence electrons. The van der Waals surface area contributed by atoms with Crippen molar-refractivity contribution in [2.24, 2.45) is 0 Å². The van der Waals surface area contributed by atoms with E-state index >= 15 is 0 Å². The molecule has 1 rings (SSSR count). The number of carbonyl (C=O) groups is 1. The first-order valence-electron chi connectivity index (χ1n) is 8.99. The van der Waals surface area contributed by atoms with E-state index in [0.717, 1.165) is 24.6 Å². The molecule has 0 radical (unpaired) electrons. The van der Waals surface area contributed by atoms with Gasteiger partial charge in [-0.2, -0.15) is 0 Å². The Kier molecular flexibility index (Phi) is 11.4. The maximum atomic E-state index is 11.8. The molecule has 23 heavy (non-hydrogen) atoms. The van der Waals surface area contributed by atoms with Gasteiger partial charge in [0.2, 0.25) is 0 Å². The summed E-state index contributed by atoms with van der Waals surface area (Å²) in [6.07, 6.45) is 7.55. The van der Waals surface area contributed by atoms with Gasteiger partial charge in [-0.15, -0.1) is 0 Å². The molecule has 0 saturated carbocycles. The number of hydroxylamine groups is 1. The minimum absolute atomic E-state index is 0.194. The first-order valence-corrected chi connectivity index (χ1v) is 11.9. The standard InChI is InChI=1S/C16H33NO4SSi/c1-4-6-7-8-9-11-16(18)22-12-10-13-23(19-5-2)20-14-15(3)17-21-23/h15,17H,4-14H2,1-3H3. The molecule has 1 saturated heterocycles. The lowest BCUT2D eigenvalue weighted by atomic mass is 10.1. The summed E-state index contributed by atoms with van der Waals surface area (Å²) in [6, 6.07) is 0.955. The van der Waals surface area contributed by atoms with Crippen LogP contribution in [-0.2, 0) is 18.2 Å². The number of hydrogen-bond acceptors (Lipinski definition) is 6. The van der Waals surface area contributed by atoms with Crippen molar-refractivity contribution < 1.29 is 18.2 Å². The monoisotopic (exact) mass is 363 g/mol. The lowest BCUT2D eigenvalue weighted by molar-refractivity contribution is -0.111. The second kappa shape index (κ2) is 12.4. The van der Waals surface area contributed by atoms with Gasteiger partial charge in [0.25, 0.3) is 0 Å². The quantitative estimate of drug-likeness (QED) is 0.419. The van der Waals surface area contributed by atoms with Gasteiger partial charge in [-0.3, -0.25) is 9.32 Å². The van der Waals surface area contributed by atoms with Gasteiger partial charge in [-0.1, -0.05) is 44.4 Å². The van der Waals surface area contributed by atoms with E-state index in [9.17, 15) is 4.79 Å². The SMILES string of the molecule is CCCCCCCC(=O)SCCC[Si]1(OCC)OCC(C)NO1. The van der Waals surface area contributed by atoms with Crippen molar-refractivity contribution in [3.63, 3.8) is 0 Å². The van der Waals surface area contributed by atoms with E-state index in [0.29, 0.717) is 24.7 Å². The van der Waals surface area contributed by atoms with Crippen molar-refractivity contribution in [2.45, 2.75) is 77.8 Å². The zero-order chi connectivity index (χ0) is 17.0. The number of hydrogen-bond donors (Lipinski definition) is 1. The van der Waals surface area contributed by atoms with E-state index in [1.54, 1.807) is 0 Å². The molecule has 7 heteroatoms. The highest BCUT2D eigenvalue weighted by Gasteiger charge is 2.44. The number of carbonyl (C=O) groups excluding carboxylic acids is 1. The minimum atomic E-state index is -2.57. The average molecular weight is 364 g/mol.